The molecule has 2 heterocycles. The highest BCUT2D eigenvalue weighted by Gasteiger charge is 2.30. The van der Waals surface area contributed by atoms with Crippen molar-refractivity contribution < 1.29 is 9.90 Å². The number of carboxylic acid groups (broad SMARTS) is 1. The van der Waals surface area contributed by atoms with Crippen molar-refractivity contribution in [3.63, 3.8) is 0 Å². The molecule has 82 valence electrons. The summed E-state index contributed by atoms with van der Waals surface area (Å²) in [6, 6.07) is 1.83. The van der Waals surface area contributed by atoms with Crippen molar-refractivity contribution in [3.8, 4) is 0 Å². The van der Waals surface area contributed by atoms with Crippen molar-refractivity contribution >= 4 is 28.6 Å². The van der Waals surface area contributed by atoms with Gasteiger partial charge in [-0.25, -0.2) is 9.78 Å². The molecule has 16 heavy (non-hydrogen) atoms. The molecule has 0 unspecified atom stereocenters. The average Bonchev–Trinajstić information content (AvgIpc) is 2.99. The maximum absolute atomic E-state index is 11.1. The fourth-order valence-corrected chi connectivity index (χ4v) is 1.98. The van der Waals surface area contributed by atoms with E-state index in [1.54, 1.807) is 16.8 Å². The van der Waals surface area contributed by atoms with Crippen molar-refractivity contribution in [3.05, 3.63) is 23.2 Å². The van der Waals surface area contributed by atoms with Gasteiger partial charge in [0, 0.05) is 17.6 Å². The molecule has 2 aromatic heterocycles. The summed E-state index contributed by atoms with van der Waals surface area (Å²) in [6.07, 6.45) is 3.54. The van der Waals surface area contributed by atoms with Crippen LogP contribution in [-0.2, 0) is 0 Å². The van der Waals surface area contributed by atoms with Gasteiger partial charge in [-0.05, 0) is 30.5 Å². The van der Waals surface area contributed by atoms with E-state index in [1.165, 1.54) is 0 Å². The molecular weight excluding hydrogens is 230 g/mol. The van der Waals surface area contributed by atoms with Gasteiger partial charge in [0.2, 0.25) is 5.28 Å². The Labute approximate surface area is 95.7 Å². The van der Waals surface area contributed by atoms with E-state index in [-0.39, 0.29) is 17.0 Å². The van der Waals surface area contributed by atoms with Crippen LogP contribution in [0.25, 0.3) is 11.0 Å². The van der Waals surface area contributed by atoms with E-state index in [1.807, 2.05) is 0 Å². The molecule has 0 amide bonds. The maximum atomic E-state index is 11.1. The average molecular weight is 238 g/mol. The molecular formula is C10H8ClN3O2. The Balaban J connectivity index is 2.33. The number of carboxylic acids is 1. The number of hydrogen-bond acceptors (Lipinski definition) is 3. The second-order valence-electron chi connectivity index (χ2n) is 3.85. The van der Waals surface area contributed by atoms with Crippen LogP contribution in [-0.4, -0.2) is 25.6 Å². The molecule has 1 saturated carbocycles. The summed E-state index contributed by atoms with van der Waals surface area (Å²) >= 11 is 5.72. The summed E-state index contributed by atoms with van der Waals surface area (Å²) in [5.41, 5.74) is 0.869. The van der Waals surface area contributed by atoms with E-state index in [0.29, 0.717) is 11.0 Å². The Bertz CT molecular complexity index is 589. The Morgan fingerprint density at radius 1 is 1.56 bits per heavy atom. The first kappa shape index (κ1) is 9.59. The molecule has 2 aromatic rings. The van der Waals surface area contributed by atoms with Gasteiger partial charge < -0.3 is 9.67 Å². The third-order valence-electron chi connectivity index (χ3n) is 2.68. The van der Waals surface area contributed by atoms with E-state index in [0.717, 1.165) is 12.8 Å². The Kier molecular flexibility index (Phi) is 1.91. The lowest BCUT2D eigenvalue weighted by atomic mass is 10.4. The zero-order valence-electron chi connectivity index (χ0n) is 8.22. The van der Waals surface area contributed by atoms with Crippen LogP contribution in [0.15, 0.2) is 12.3 Å². The lowest BCUT2D eigenvalue weighted by Crippen LogP contribution is -2.07. The van der Waals surface area contributed by atoms with Crippen molar-refractivity contribution in [2.24, 2.45) is 0 Å². The SMILES string of the molecule is O=C(O)c1cc2cnc(Cl)nc2n1C1CC1. The minimum Gasteiger partial charge on any atom is -0.477 e. The highest BCUT2D eigenvalue weighted by molar-refractivity contribution is 6.28. The van der Waals surface area contributed by atoms with E-state index < -0.39 is 5.97 Å². The minimum atomic E-state index is -0.943. The van der Waals surface area contributed by atoms with Gasteiger partial charge in [0.15, 0.2) is 0 Å². The zero-order chi connectivity index (χ0) is 11.3. The lowest BCUT2D eigenvalue weighted by Gasteiger charge is -2.04. The van der Waals surface area contributed by atoms with Gasteiger partial charge in [-0.3, -0.25) is 0 Å². The summed E-state index contributed by atoms with van der Waals surface area (Å²) in [6.45, 7) is 0. The first-order chi connectivity index (χ1) is 7.66. The topological polar surface area (TPSA) is 68.0 Å². The number of fused-ring (bicyclic) bond motifs is 1. The number of carbonyl (C=O) groups is 1. The minimum absolute atomic E-state index is 0.143. The summed E-state index contributed by atoms with van der Waals surface area (Å²) in [4.78, 5) is 19.0. The second-order valence-corrected chi connectivity index (χ2v) is 4.19. The molecule has 0 radical (unpaired) electrons. The Hall–Kier alpha value is -1.62. The number of aromatic nitrogens is 3. The molecule has 1 fully saturated rings. The summed E-state index contributed by atoms with van der Waals surface area (Å²) in [5.74, 6) is -0.943. The van der Waals surface area contributed by atoms with E-state index in [9.17, 15) is 4.79 Å². The van der Waals surface area contributed by atoms with Crippen LogP contribution >= 0.6 is 11.6 Å². The molecule has 1 N–H and O–H groups in total. The van der Waals surface area contributed by atoms with Gasteiger partial charge in [0.25, 0.3) is 0 Å². The maximum Gasteiger partial charge on any atom is 0.352 e. The largest absolute Gasteiger partial charge is 0.477 e. The van der Waals surface area contributed by atoms with Gasteiger partial charge >= 0.3 is 5.97 Å². The highest BCUT2D eigenvalue weighted by atomic mass is 35.5. The van der Waals surface area contributed by atoms with Crippen molar-refractivity contribution in [1.82, 2.24) is 14.5 Å². The van der Waals surface area contributed by atoms with Gasteiger partial charge in [0.05, 0.1) is 0 Å². The predicted molar refractivity (Wildman–Crippen MR) is 57.8 cm³/mol. The van der Waals surface area contributed by atoms with E-state index in [2.05, 4.69) is 9.97 Å². The van der Waals surface area contributed by atoms with Crippen LogP contribution < -0.4 is 0 Å². The number of nitrogens with zero attached hydrogens (tertiary/aromatic N) is 3. The number of aromatic carboxylic acids is 1. The van der Waals surface area contributed by atoms with Crippen LogP contribution in [0.2, 0.25) is 5.28 Å². The third kappa shape index (κ3) is 1.36. The van der Waals surface area contributed by atoms with Gasteiger partial charge in [-0.15, -0.1) is 0 Å². The van der Waals surface area contributed by atoms with Gasteiger partial charge in [0.1, 0.15) is 11.3 Å². The Morgan fingerprint density at radius 2 is 2.31 bits per heavy atom. The molecule has 1 aliphatic carbocycles. The predicted octanol–water partition coefficient (Wildman–Crippen LogP) is 2.12. The summed E-state index contributed by atoms with van der Waals surface area (Å²) < 4.78 is 1.74. The summed E-state index contributed by atoms with van der Waals surface area (Å²) in [5, 5.41) is 9.97. The molecule has 0 spiro atoms. The van der Waals surface area contributed by atoms with Crippen LogP contribution in [0.5, 0.6) is 0 Å². The quantitative estimate of drug-likeness (QED) is 0.813. The monoisotopic (exact) mass is 237 g/mol. The van der Waals surface area contributed by atoms with E-state index >= 15 is 0 Å². The zero-order valence-corrected chi connectivity index (χ0v) is 8.98. The van der Waals surface area contributed by atoms with Crippen LogP contribution in [0.1, 0.15) is 29.4 Å². The normalized spacial score (nSPS) is 15.6. The number of hydrogen-bond donors (Lipinski definition) is 1. The third-order valence-corrected chi connectivity index (χ3v) is 2.86. The summed E-state index contributed by atoms with van der Waals surface area (Å²) in [7, 11) is 0. The van der Waals surface area contributed by atoms with Crippen molar-refractivity contribution in [2.75, 3.05) is 0 Å². The first-order valence-corrected chi connectivity index (χ1v) is 5.31. The molecule has 0 saturated heterocycles. The van der Waals surface area contributed by atoms with Crippen molar-refractivity contribution in [1.29, 1.82) is 0 Å². The molecule has 5 nitrogen and oxygen atoms in total. The molecule has 6 heteroatoms. The molecule has 3 rings (SSSR count). The molecule has 1 aliphatic rings. The molecule has 0 aliphatic heterocycles. The van der Waals surface area contributed by atoms with Gasteiger partial charge in [-0.2, -0.15) is 4.98 Å². The molecule has 0 bridgehead atoms. The van der Waals surface area contributed by atoms with Gasteiger partial charge in [-0.1, -0.05) is 0 Å². The number of halogens is 1. The number of rotatable bonds is 2. The van der Waals surface area contributed by atoms with Crippen LogP contribution in [0, 0.1) is 0 Å². The van der Waals surface area contributed by atoms with Crippen molar-refractivity contribution in [2.45, 2.75) is 18.9 Å². The van der Waals surface area contributed by atoms with E-state index in [4.69, 9.17) is 16.7 Å². The second kappa shape index (κ2) is 3.18. The highest BCUT2D eigenvalue weighted by Crippen LogP contribution is 2.39. The standard InChI is InChI=1S/C10H8ClN3O2/c11-10-12-4-5-3-7(9(15)16)14(6-1-2-6)8(5)13-10/h3-4,6H,1-2H2,(H,15,16). The lowest BCUT2D eigenvalue weighted by molar-refractivity contribution is 0.0685. The first-order valence-electron chi connectivity index (χ1n) is 4.93. The molecule has 0 atom stereocenters. The molecule has 0 aromatic carbocycles. The van der Waals surface area contributed by atoms with Crippen LogP contribution in [0.3, 0.4) is 0 Å². The smallest absolute Gasteiger partial charge is 0.352 e. The Morgan fingerprint density at radius 3 is 2.94 bits per heavy atom. The van der Waals surface area contributed by atoms with Crippen LogP contribution in [0.4, 0.5) is 0 Å². The fourth-order valence-electron chi connectivity index (χ4n) is 1.85. The fraction of sp³-hybridized carbons (Fsp3) is 0.300.